The second-order valence-corrected chi connectivity index (χ2v) is 3.41. The summed E-state index contributed by atoms with van der Waals surface area (Å²) >= 11 is 0. The van der Waals surface area contributed by atoms with Gasteiger partial charge in [0.1, 0.15) is 0 Å². The van der Waals surface area contributed by atoms with Crippen LogP contribution in [0.1, 0.15) is 0 Å². The Kier molecular flexibility index (Phi) is 8.57. The summed E-state index contributed by atoms with van der Waals surface area (Å²) in [6.45, 7) is 12.9. The molecule has 0 bridgehead atoms. The van der Waals surface area contributed by atoms with Crippen LogP contribution in [-0.2, 0) is 0 Å². The van der Waals surface area contributed by atoms with E-state index in [0.717, 1.165) is 0 Å². The summed E-state index contributed by atoms with van der Waals surface area (Å²) in [4.78, 5) is 0. The zero-order valence-electron chi connectivity index (χ0n) is 6.07. The van der Waals surface area contributed by atoms with Crippen molar-refractivity contribution in [2.75, 3.05) is 6.66 Å². The molecule has 0 saturated carbocycles. The van der Waals surface area contributed by atoms with E-state index in [9.17, 15) is 0 Å². The average molecular weight is 133 g/mol. The molecule has 0 rings (SSSR count). The molecule has 1 unspecified atom stereocenters. The van der Waals surface area contributed by atoms with Gasteiger partial charge in [-0.05, 0) is 0 Å². The minimum absolute atomic E-state index is 0.408. The van der Waals surface area contributed by atoms with Crippen LogP contribution in [0.5, 0.6) is 0 Å². The molecule has 0 amide bonds. The zero-order valence-corrected chi connectivity index (χ0v) is 6.96. The van der Waals surface area contributed by atoms with Crippen LogP contribution in [0.3, 0.4) is 0 Å². The van der Waals surface area contributed by atoms with E-state index >= 15 is 0 Å². The Morgan fingerprint density at radius 1 is 1.10 bits per heavy atom. The molecule has 0 heterocycles. The van der Waals surface area contributed by atoms with E-state index in [4.69, 9.17) is 14.7 Å². The molecule has 36 valence electrons. The predicted molar refractivity (Wildman–Crippen MR) is 58.9 cm³/mol. The van der Waals surface area contributed by atoms with Crippen LogP contribution in [0.25, 0.3) is 0 Å². The fourth-order valence-corrected chi connectivity index (χ4v) is 0.749. The van der Waals surface area contributed by atoms with Crippen molar-refractivity contribution in [1.82, 2.24) is 0 Å². The van der Waals surface area contributed by atoms with Crippen LogP contribution in [-0.4, -0.2) is 61.4 Å². The molecule has 0 aromatic carbocycles. The molecule has 10 heavy (non-hydrogen) atoms. The Morgan fingerprint density at radius 2 is 1.70 bits per heavy atom. The summed E-state index contributed by atoms with van der Waals surface area (Å²) in [5.41, 5.74) is 0. The van der Waals surface area contributed by atoms with E-state index < -0.39 is 7.12 Å². The van der Waals surface area contributed by atoms with E-state index in [1.54, 1.807) is 6.69 Å². The Hall–Kier alpha value is 0.819. The van der Waals surface area contributed by atoms with Crippen molar-refractivity contribution in [2.45, 2.75) is 0 Å². The van der Waals surface area contributed by atoms with Gasteiger partial charge in [-0.15, -0.1) is 0 Å². The minimum atomic E-state index is -0.408. The quantitative estimate of drug-likeness (QED) is 0.301. The molecule has 0 aliphatic rings. The summed E-state index contributed by atoms with van der Waals surface area (Å²) < 4.78 is 0. The topological polar surface area (TPSA) is 0 Å². The monoisotopic (exact) mass is 134 g/mol. The molecule has 0 aliphatic carbocycles. The van der Waals surface area contributed by atoms with Gasteiger partial charge in [-0.2, -0.15) is 0 Å². The van der Waals surface area contributed by atoms with E-state index in [1.165, 1.54) is 6.69 Å². The van der Waals surface area contributed by atoms with Gasteiger partial charge in [0.05, 0.1) is 0 Å². The van der Waals surface area contributed by atoms with Gasteiger partial charge in [0.25, 0.3) is 0 Å². The standard InChI is InChI=1S/CH3B8P/c1-10(3)9-8-7-6-5-4-2/h1H3. The fourth-order valence-electron chi connectivity index (χ4n) is 0.378. The van der Waals surface area contributed by atoms with Crippen LogP contribution in [0, 0.1) is 0 Å². The van der Waals surface area contributed by atoms with Gasteiger partial charge in [-0.1, -0.05) is 0 Å². The molecule has 0 fully saturated rings. The normalized spacial score (nSPS) is 9.30. The first-order valence-electron chi connectivity index (χ1n) is 2.96. The van der Waals surface area contributed by atoms with Crippen LogP contribution in [0.2, 0.25) is 0 Å². The Balaban J connectivity index is 3.66. The van der Waals surface area contributed by atoms with Crippen molar-refractivity contribution in [3.63, 3.8) is 0 Å². The first kappa shape index (κ1) is 10.8. The molecule has 0 aromatic rings. The van der Waals surface area contributed by atoms with Crippen LogP contribution in [0.15, 0.2) is 0 Å². The first-order chi connectivity index (χ1) is 4.77. The van der Waals surface area contributed by atoms with Crippen molar-refractivity contribution in [2.24, 2.45) is 0 Å². The van der Waals surface area contributed by atoms with Crippen molar-refractivity contribution >= 4 is 61.8 Å². The van der Waals surface area contributed by atoms with E-state index in [1.807, 2.05) is 33.3 Å². The molecule has 1 atom stereocenters. The van der Waals surface area contributed by atoms with Gasteiger partial charge < -0.3 is 0 Å². The average Bonchev–Trinajstić information content (AvgIpc) is 1.87. The van der Waals surface area contributed by atoms with Gasteiger partial charge in [-0.3, -0.25) is 0 Å². The predicted octanol–water partition coefficient (Wildman–Crippen LogP) is -2.02. The van der Waals surface area contributed by atoms with Crippen molar-refractivity contribution in [3.05, 3.63) is 0 Å². The molecule has 0 aliphatic heterocycles. The van der Waals surface area contributed by atoms with E-state index in [2.05, 4.69) is 0 Å². The summed E-state index contributed by atoms with van der Waals surface area (Å²) in [5.74, 6) is 0. The SMILES string of the molecule is [B]B=BB=BB=BP(#B)C. The Bertz CT molecular complexity index is 215. The maximum absolute atomic E-state index is 5.51. The van der Waals surface area contributed by atoms with E-state index in [-0.39, 0.29) is 0 Å². The Labute approximate surface area is 68.9 Å². The van der Waals surface area contributed by atoms with Crippen molar-refractivity contribution in [1.29, 1.82) is 0 Å². The summed E-state index contributed by atoms with van der Waals surface area (Å²) in [7, 11) is 10.2. The third kappa shape index (κ3) is 8.82. The second kappa shape index (κ2) is 7.92. The first-order valence-corrected chi connectivity index (χ1v) is 4.89. The molecular formula is CH3B8P. The van der Waals surface area contributed by atoms with Gasteiger partial charge in [0.15, 0.2) is 0 Å². The third-order valence-electron chi connectivity index (χ3n) is 0.766. The number of rotatable bonds is 2. The zero-order chi connectivity index (χ0) is 7.82. The number of hydrogen-bond donors (Lipinski definition) is 0. The molecule has 0 N–H and O–H groups in total. The summed E-state index contributed by atoms with van der Waals surface area (Å²) in [6, 6.07) is 0. The van der Waals surface area contributed by atoms with Crippen molar-refractivity contribution in [3.8, 4) is 0 Å². The summed E-state index contributed by atoms with van der Waals surface area (Å²) in [6.07, 6.45) is 0. The number of hydrogen-bond acceptors (Lipinski definition) is 0. The Morgan fingerprint density at radius 3 is 2.20 bits per heavy atom. The van der Waals surface area contributed by atoms with Crippen LogP contribution in [0.4, 0.5) is 0 Å². The molecule has 0 nitrogen and oxygen atoms in total. The van der Waals surface area contributed by atoms with Gasteiger partial charge in [-0.25, -0.2) is 0 Å². The molecule has 9 heteroatoms. The van der Waals surface area contributed by atoms with E-state index in [0.29, 0.717) is 0 Å². The third-order valence-corrected chi connectivity index (χ3v) is 1.41. The fraction of sp³-hybridized carbons (Fsp3) is 1.00. The van der Waals surface area contributed by atoms with Gasteiger partial charge in [0.2, 0.25) is 0 Å². The van der Waals surface area contributed by atoms with Crippen LogP contribution >= 0.6 is 7.12 Å². The molecule has 0 saturated heterocycles. The molecule has 0 spiro atoms. The molecular weight excluding hydrogens is 129 g/mol. The van der Waals surface area contributed by atoms with Crippen molar-refractivity contribution < 1.29 is 0 Å². The van der Waals surface area contributed by atoms with Gasteiger partial charge >= 0.3 is 68.5 Å². The second-order valence-electron chi connectivity index (χ2n) is 1.78. The molecule has 0 aromatic heterocycles. The molecule has 2 radical (unpaired) electrons. The summed E-state index contributed by atoms with van der Waals surface area (Å²) in [5, 5.41) is 0. The maximum atomic E-state index is 5.51. The van der Waals surface area contributed by atoms with Crippen LogP contribution < -0.4 is 0 Å². The van der Waals surface area contributed by atoms with Gasteiger partial charge in [0, 0.05) is 0 Å².